The number of likely N-dealkylation sites (N-methyl/N-ethyl adjacent to an activating group) is 1. The summed E-state index contributed by atoms with van der Waals surface area (Å²) in [4.78, 5) is 26.4. The summed E-state index contributed by atoms with van der Waals surface area (Å²) in [5, 5.41) is 3.49. The van der Waals surface area contributed by atoms with Crippen molar-refractivity contribution in [2.24, 2.45) is 17.6 Å². The van der Waals surface area contributed by atoms with Crippen LogP contribution in [0.4, 0.5) is 0 Å². The number of carbonyl (C=O) groups is 2. The van der Waals surface area contributed by atoms with Gasteiger partial charge in [-0.15, -0.1) is 0 Å². The highest BCUT2D eigenvalue weighted by Crippen LogP contribution is 2.42. The molecule has 7 heteroatoms. The summed E-state index contributed by atoms with van der Waals surface area (Å²) >= 11 is 0. The lowest BCUT2D eigenvalue weighted by Gasteiger charge is -2.24. The predicted octanol–water partition coefficient (Wildman–Crippen LogP) is 4.00. The van der Waals surface area contributed by atoms with Gasteiger partial charge in [0.15, 0.2) is 0 Å². The van der Waals surface area contributed by atoms with Crippen LogP contribution in [0, 0.1) is 11.8 Å². The molecule has 0 aromatic heterocycles. The van der Waals surface area contributed by atoms with Crippen molar-refractivity contribution in [1.82, 2.24) is 10.2 Å². The number of hydrogen-bond donors (Lipinski definition) is 2. The summed E-state index contributed by atoms with van der Waals surface area (Å²) in [5.74, 6) is 0.197. The van der Waals surface area contributed by atoms with Gasteiger partial charge < -0.3 is 25.4 Å². The lowest BCUT2D eigenvalue weighted by atomic mass is 9.87. The molecular weight excluding hydrogens is 478 g/mol. The van der Waals surface area contributed by atoms with Gasteiger partial charge in [0.05, 0.1) is 11.1 Å². The molecule has 3 N–H and O–H groups in total. The first-order valence-corrected chi connectivity index (χ1v) is 13.9. The molecule has 3 rings (SSSR count). The van der Waals surface area contributed by atoms with Gasteiger partial charge in [-0.05, 0) is 55.7 Å². The largest absolute Gasteiger partial charge is 0.457 e. The molecule has 38 heavy (non-hydrogen) atoms. The van der Waals surface area contributed by atoms with Crippen LogP contribution in [0.3, 0.4) is 0 Å². The molecular formula is C31H45N3O4. The van der Waals surface area contributed by atoms with Crippen LogP contribution in [-0.2, 0) is 19.1 Å². The molecule has 0 amide bonds. The van der Waals surface area contributed by atoms with E-state index in [1.165, 1.54) is 0 Å². The Morgan fingerprint density at radius 3 is 2.50 bits per heavy atom. The average molecular weight is 524 g/mol. The summed E-state index contributed by atoms with van der Waals surface area (Å²) in [6, 6.07) is -0.146. The fraction of sp³-hybridized carbons (Fsp3) is 0.548. The molecule has 0 aromatic rings. The van der Waals surface area contributed by atoms with Crippen molar-refractivity contribution in [2.75, 3.05) is 45.9 Å². The van der Waals surface area contributed by atoms with E-state index in [2.05, 4.69) is 50.2 Å². The maximum absolute atomic E-state index is 12.1. The molecule has 0 spiro atoms. The number of hydrogen-bond acceptors (Lipinski definition) is 7. The normalized spacial score (nSPS) is 21.4. The second kappa shape index (κ2) is 13.9. The highest BCUT2D eigenvalue weighted by Gasteiger charge is 2.34. The van der Waals surface area contributed by atoms with Gasteiger partial charge in [0.25, 0.3) is 0 Å². The van der Waals surface area contributed by atoms with Gasteiger partial charge in [0.1, 0.15) is 13.2 Å². The first kappa shape index (κ1) is 29.8. The molecule has 1 atom stereocenters. The molecule has 0 bridgehead atoms. The van der Waals surface area contributed by atoms with Crippen LogP contribution in [-0.4, -0.2) is 68.8 Å². The number of nitrogens with zero attached hydrogens (tertiary/aromatic N) is 1. The van der Waals surface area contributed by atoms with E-state index in [1.54, 1.807) is 6.08 Å². The number of allylic oxidation sites excluding steroid dienone is 2. The van der Waals surface area contributed by atoms with Crippen molar-refractivity contribution in [3.63, 3.8) is 0 Å². The number of carbonyl (C=O) groups excluding carboxylic acids is 2. The maximum atomic E-state index is 12.1. The second-order valence-electron chi connectivity index (χ2n) is 10.5. The quantitative estimate of drug-likeness (QED) is 0.190. The fourth-order valence-electron chi connectivity index (χ4n) is 5.29. The van der Waals surface area contributed by atoms with E-state index in [1.807, 2.05) is 13.0 Å². The van der Waals surface area contributed by atoms with Crippen LogP contribution >= 0.6 is 0 Å². The second-order valence-corrected chi connectivity index (χ2v) is 10.5. The summed E-state index contributed by atoms with van der Waals surface area (Å²) in [6.45, 7) is 21.4. The van der Waals surface area contributed by atoms with E-state index < -0.39 is 0 Å². The SMILES string of the molecule is C=CC1=C(/C(=C/C(N)CNCCN(CC)CCC(=C)/C(=C2/COC(=O)/C2=C/C)C(C)C)C2CC2)COC1=O. The number of nitrogens with one attached hydrogen (secondary N) is 1. The molecule has 208 valence electrons. The summed E-state index contributed by atoms with van der Waals surface area (Å²) < 4.78 is 10.5. The zero-order chi connectivity index (χ0) is 27.8. The Hall–Kier alpha value is -2.74. The maximum Gasteiger partial charge on any atom is 0.338 e. The van der Waals surface area contributed by atoms with Gasteiger partial charge >= 0.3 is 11.9 Å². The molecule has 1 saturated heterocycles. The van der Waals surface area contributed by atoms with Gasteiger partial charge in [-0.2, -0.15) is 0 Å². The molecule has 1 unspecified atom stereocenters. The van der Waals surface area contributed by atoms with Crippen LogP contribution in [0.15, 0.2) is 70.4 Å². The Kier molecular flexibility index (Phi) is 10.9. The average Bonchev–Trinajstić information content (AvgIpc) is 3.57. The summed E-state index contributed by atoms with van der Waals surface area (Å²) in [6.07, 6.45) is 8.63. The van der Waals surface area contributed by atoms with Crippen LogP contribution in [0.1, 0.15) is 47.0 Å². The van der Waals surface area contributed by atoms with E-state index in [0.29, 0.717) is 36.8 Å². The third-order valence-electron chi connectivity index (χ3n) is 7.48. The molecule has 7 nitrogen and oxygen atoms in total. The number of nitrogens with two attached hydrogens (primary N) is 1. The zero-order valence-electron chi connectivity index (χ0n) is 23.6. The lowest BCUT2D eigenvalue weighted by molar-refractivity contribution is -0.136. The van der Waals surface area contributed by atoms with Gasteiger partial charge in [-0.1, -0.05) is 57.7 Å². The van der Waals surface area contributed by atoms with Crippen LogP contribution in [0.5, 0.6) is 0 Å². The Labute approximate surface area is 228 Å². The van der Waals surface area contributed by atoms with Gasteiger partial charge in [-0.3, -0.25) is 0 Å². The molecule has 3 aliphatic rings. The number of cyclic esters (lactones) is 2. The summed E-state index contributed by atoms with van der Waals surface area (Å²) in [5.41, 5.74) is 13.0. The Morgan fingerprint density at radius 1 is 1.18 bits per heavy atom. The van der Waals surface area contributed by atoms with E-state index in [-0.39, 0.29) is 23.9 Å². The van der Waals surface area contributed by atoms with Crippen molar-refractivity contribution in [3.05, 3.63) is 70.4 Å². The van der Waals surface area contributed by atoms with Crippen molar-refractivity contribution in [2.45, 2.75) is 53.0 Å². The third kappa shape index (κ3) is 7.43. The van der Waals surface area contributed by atoms with Crippen LogP contribution < -0.4 is 11.1 Å². The van der Waals surface area contributed by atoms with Gasteiger partial charge in [-0.25, -0.2) is 9.59 Å². The highest BCUT2D eigenvalue weighted by atomic mass is 16.5. The number of ether oxygens (including phenoxy) is 2. The van der Waals surface area contributed by atoms with E-state index in [9.17, 15) is 9.59 Å². The van der Waals surface area contributed by atoms with Gasteiger partial charge in [0, 0.05) is 43.4 Å². The third-order valence-corrected chi connectivity index (χ3v) is 7.48. The van der Waals surface area contributed by atoms with E-state index >= 15 is 0 Å². The van der Waals surface area contributed by atoms with Crippen LogP contribution in [0.25, 0.3) is 0 Å². The standard InChI is InChI=1S/C31H45N3O4/c1-7-24-27(18-37-30(24)35)26(22-10-11-22)16-23(32)17-33-13-15-34(9-3)14-12-21(6)29(20(4)5)28-19-38-31(36)25(28)8-2/h7-8,16,20,22-23,33H,1,6,9-15,17-19,32H2,2-5H3/b25-8+,26-16+,29-28-. The first-order valence-electron chi connectivity index (χ1n) is 13.9. The highest BCUT2D eigenvalue weighted by molar-refractivity contribution is 5.97. The molecule has 0 aromatic carbocycles. The smallest absolute Gasteiger partial charge is 0.338 e. The van der Waals surface area contributed by atoms with Gasteiger partial charge in [0.2, 0.25) is 0 Å². The van der Waals surface area contributed by atoms with Crippen molar-refractivity contribution in [3.8, 4) is 0 Å². The zero-order valence-corrected chi connectivity index (χ0v) is 23.6. The summed E-state index contributed by atoms with van der Waals surface area (Å²) in [7, 11) is 0. The molecule has 2 fully saturated rings. The molecule has 1 aliphatic carbocycles. The van der Waals surface area contributed by atoms with E-state index in [0.717, 1.165) is 73.3 Å². The fourth-order valence-corrected chi connectivity index (χ4v) is 5.29. The molecule has 1 saturated carbocycles. The first-order chi connectivity index (χ1) is 18.2. The Morgan fingerprint density at radius 2 is 1.89 bits per heavy atom. The van der Waals surface area contributed by atoms with Crippen LogP contribution in [0.2, 0.25) is 0 Å². The molecule has 0 radical (unpaired) electrons. The minimum absolute atomic E-state index is 0.146. The minimum atomic E-state index is -0.292. The Balaban J connectivity index is 1.50. The van der Waals surface area contributed by atoms with Crippen molar-refractivity contribution < 1.29 is 19.1 Å². The topological polar surface area (TPSA) is 93.9 Å². The van der Waals surface area contributed by atoms with Crippen molar-refractivity contribution >= 4 is 11.9 Å². The molecule has 2 aliphatic heterocycles. The molecule has 2 heterocycles. The lowest BCUT2D eigenvalue weighted by Crippen LogP contribution is -2.38. The monoisotopic (exact) mass is 523 g/mol. The van der Waals surface area contributed by atoms with Crippen molar-refractivity contribution in [1.29, 1.82) is 0 Å². The number of esters is 2. The minimum Gasteiger partial charge on any atom is -0.457 e. The predicted molar refractivity (Wildman–Crippen MR) is 152 cm³/mol. The number of rotatable bonds is 15. The Bertz CT molecular complexity index is 1060. The van der Waals surface area contributed by atoms with E-state index in [4.69, 9.17) is 15.2 Å².